The molecule has 1 aromatic carbocycles. The molecule has 1 unspecified atom stereocenters. The first-order valence-electron chi connectivity index (χ1n) is 8.37. The van der Waals surface area contributed by atoms with Crippen LogP contribution in [0.15, 0.2) is 18.2 Å². The number of halogens is 2. The molecule has 0 spiro atoms. The van der Waals surface area contributed by atoms with Gasteiger partial charge in [-0.25, -0.2) is 8.78 Å². The van der Waals surface area contributed by atoms with Crippen LogP contribution in [0.3, 0.4) is 0 Å². The van der Waals surface area contributed by atoms with E-state index in [9.17, 15) is 8.78 Å². The van der Waals surface area contributed by atoms with Crippen molar-refractivity contribution >= 4 is 0 Å². The van der Waals surface area contributed by atoms with Crippen molar-refractivity contribution in [2.45, 2.75) is 64.3 Å². The van der Waals surface area contributed by atoms with E-state index in [4.69, 9.17) is 0 Å². The van der Waals surface area contributed by atoms with Gasteiger partial charge in [-0.3, -0.25) is 0 Å². The number of benzene rings is 1. The van der Waals surface area contributed by atoms with Gasteiger partial charge in [0.25, 0.3) is 0 Å². The first kappa shape index (κ1) is 16.4. The molecule has 1 N–H and O–H groups in total. The van der Waals surface area contributed by atoms with Crippen molar-refractivity contribution in [3.05, 3.63) is 35.4 Å². The summed E-state index contributed by atoms with van der Waals surface area (Å²) in [5.41, 5.74) is 0.764. The van der Waals surface area contributed by atoms with Crippen LogP contribution >= 0.6 is 0 Å². The summed E-state index contributed by atoms with van der Waals surface area (Å²) >= 11 is 0. The van der Waals surface area contributed by atoms with Crippen molar-refractivity contribution < 1.29 is 8.78 Å². The minimum atomic E-state index is -0.474. The quantitative estimate of drug-likeness (QED) is 0.819. The van der Waals surface area contributed by atoms with Crippen LogP contribution in [0.2, 0.25) is 0 Å². The molecule has 1 nitrogen and oxygen atoms in total. The molecule has 0 radical (unpaired) electrons. The highest BCUT2D eigenvalue weighted by Gasteiger charge is 2.22. The van der Waals surface area contributed by atoms with Gasteiger partial charge in [-0.15, -0.1) is 0 Å². The van der Waals surface area contributed by atoms with Gasteiger partial charge in [0.15, 0.2) is 0 Å². The Morgan fingerprint density at radius 2 is 1.57 bits per heavy atom. The molecule has 1 fully saturated rings. The van der Waals surface area contributed by atoms with Crippen LogP contribution in [0.1, 0.15) is 57.4 Å². The fourth-order valence-electron chi connectivity index (χ4n) is 3.54. The van der Waals surface area contributed by atoms with E-state index in [-0.39, 0.29) is 0 Å². The van der Waals surface area contributed by atoms with Crippen LogP contribution < -0.4 is 5.32 Å². The van der Waals surface area contributed by atoms with Crippen molar-refractivity contribution in [1.82, 2.24) is 5.32 Å². The van der Waals surface area contributed by atoms with Crippen molar-refractivity contribution in [2.75, 3.05) is 6.54 Å². The Labute approximate surface area is 127 Å². The number of nitrogens with one attached hydrogen (secondary N) is 1. The molecule has 0 saturated heterocycles. The van der Waals surface area contributed by atoms with E-state index < -0.39 is 11.6 Å². The summed E-state index contributed by atoms with van der Waals surface area (Å²) in [6.07, 6.45) is 9.74. The molecule has 0 amide bonds. The molecule has 1 aliphatic carbocycles. The van der Waals surface area contributed by atoms with Gasteiger partial charge in [-0.2, -0.15) is 0 Å². The second kappa shape index (κ2) is 8.47. The third kappa shape index (κ3) is 5.39. The summed E-state index contributed by atoms with van der Waals surface area (Å²) in [4.78, 5) is 0. The smallest absolute Gasteiger partial charge is 0.126 e. The highest BCUT2D eigenvalue weighted by atomic mass is 19.1. The summed E-state index contributed by atoms with van der Waals surface area (Å²) < 4.78 is 26.7. The number of hydrogen-bond donors (Lipinski definition) is 1. The van der Waals surface area contributed by atoms with Crippen LogP contribution in [-0.4, -0.2) is 12.6 Å². The number of likely N-dealkylation sites (N-methyl/N-ethyl adjacent to an activating group) is 1. The second-order valence-corrected chi connectivity index (χ2v) is 6.25. The van der Waals surface area contributed by atoms with E-state index in [0.717, 1.165) is 18.2 Å². The van der Waals surface area contributed by atoms with Crippen molar-refractivity contribution in [3.8, 4) is 0 Å². The first-order valence-corrected chi connectivity index (χ1v) is 8.37. The Kier molecular flexibility index (Phi) is 6.62. The van der Waals surface area contributed by atoms with Gasteiger partial charge in [-0.05, 0) is 49.4 Å². The third-order valence-corrected chi connectivity index (χ3v) is 4.56. The third-order valence-electron chi connectivity index (χ3n) is 4.56. The van der Waals surface area contributed by atoms with E-state index in [1.165, 1.54) is 57.1 Å². The van der Waals surface area contributed by atoms with Gasteiger partial charge in [0, 0.05) is 12.1 Å². The Morgan fingerprint density at radius 1 is 1.00 bits per heavy atom. The molecule has 1 aromatic rings. The Hall–Kier alpha value is -0.960. The first-order chi connectivity index (χ1) is 10.2. The molecule has 2 rings (SSSR count). The van der Waals surface area contributed by atoms with Crippen LogP contribution in [0.5, 0.6) is 0 Å². The summed E-state index contributed by atoms with van der Waals surface area (Å²) in [5, 5.41) is 3.54. The zero-order valence-corrected chi connectivity index (χ0v) is 13.0. The number of rotatable bonds is 5. The van der Waals surface area contributed by atoms with E-state index in [0.29, 0.717) is 18.4 Å². The molecule has 0 bridgehead atoms. The molecule has 1 aliphatic rings. The van der Waals surface area contributed by atoms with Gasteiger partial charge in [0.1, 0.15) is 11.6 Å². The lowest BCUT2D eigenvalue weighted by Gasteiger charge is -2.29. The minimum absolute atomic E-state index is 0.328. The van der Waals surface area contributed by atoms with E-state index in [1.54, 1.807) is 0 Å². The lowest BCUT2D eigenvalue weighted by Crippen LogP contribution is -2.38. The number of hydrogen-bond acceptors (Lipinski definition) is 1. The summed E-state index contributed by atoms with van der Waals surface area (Å²) in [6.45, 7) is 3.00. The summed E-state index contributed by atoms with van der Waals surface area (Å²) in [5.74, 6) is -0.326. The fourth-order valence-corrected chi connectivity index (χ4v) is 3.54. The molecule has 1 saturated carbocycles. The normalized spacial score (nSPS) is 19.0. The van der Waals surface area contributed by atoms with Crippen LogP contribution in [-0.2, 0) is 6.42 Å². The molecule has 118 valence electrons. The van der Waals surface area contributed by atoms with Crippen LogP contribution in [0, 0.1) is 17.6 Å². The van der Waals surface area contributed by atoms with Crippen molar-refractivity contribution in [2.24, 2.45) is 5.92 Å². The summed E-state index contributed by atoms with van der Waals surface area (Å²) in [7, 11) is 0. The van der Waals surface area contributed by atoms with Gasteiger partial charge in [-0.1, -0.05) is 39.0 Å². The Morgan fingerprint density at radius 3 is 2.14 bits per heavy atom. The topological polar surface area (TPSA) is 12.0 Å². The lowest BCUT2D eigenvalue weighted by molar-refractivity contribution is 0.285. The van der Waals surface area contributed by atoms with Gasteiger partial charge in [0.05, 0.1) is 0 Å². The Bertz CT molecular complexity index is 405. The van der Waals surface area contributed by atoms with Gasteiger partial charge in [0.2, 0.25) is 0 Å². The highest BCUT2D eigenvalue weighted by molar-refractivity contribution is 5.19. The predicted octanol–water partition coefficient (Wildman–Crippen LogP) is 4.85. The zero-order chi connectivity index (χ0) is 15.1. The van der Waals surface area contributed by atoms with Crippen LogP contribution in [0.4, 0.5) is 8.78 Å². The van der Waals surface area contributed by atoms with Crippen LogP contribution in [0.25, 0.3) is 0 Å². The van der Waals surface area contributed by atoms with Gasteiger partial charge >= 0.3 is 0 Å². The maximum Gasteiger partial charge on any atom is 0.126 e. The maximum atomic E-state index is 13.4. The zero-order valence-electron chi connectivity index (χ0n) is 13.0. The minimum Gasteiger partial charge on any atom is -0.314 e. The largest absolute Gasteiger partial charge is 0.314 e. The summed E-state index contributed by atoms with van der Waals surface area (Å²) in [6, 6.07) is 4.21. The van der Waals surface area contributed by atoms with E-state index >= 15 is 0 Å². The fraction of sp³-hybridized carbons (Fsp3) is 0.667. The second-order valence-electron chi connectivity index (χ2n) is 6.25. The molecule has 21 heavy (non-hydrogen) atoms. The van der Waals surface area contributed by atoms with E-state index in [2.05, 4.69) is 12.2 Å². The van der Waals surface area contributed by atoms with E-state index in [1.807, 2.05) is 0 Å². The molecule has 0 aliphatic heterocycles. The predicted molar refractivity (Wildman–Crippen MR) is 83.3 cm³/mol. The maximum absolute atomic E-state index is 13.4. The van der Waals surface area contributed by atoms with Crippen molar-refractivity contribution in [1.29, 1.82) is 0 Å². The SMILES string of the molecule is CCNC(Cc1cc(F)cc(F)c1)C1CCCCCCC1. The average Bonchev–Trinajstić information content (AvgIpc) is 2.36. The standard InChI is InChI=1S/C18H27F2N/c1-2-21-18(15-8-6-4-3-5-7-9-15)12-14-10-16(19)13-17(20)11-14/h10-11,13,15,18,21H,2-9,12H2,1H3. The molecule has 0 heterocycles. The lowest BCUT2D eigenvalue weighted by atomic mass is 9.83. The van der Waals surface area contributed by atoms with Crippen molar-refractivity contribution in [3.63, 3.8) is 0 Å². The monoisotopic (exact) mass is 295 g/mol. The molecule has 3 heteroatoms. The molecule has 0 aromatic heterocycles. The molecular formula is C18H27F2N. The highest BCUT2D eigenvalue weighted by Crippen LogP contribution is 2.27. The molecular weight excluding hydrogens is 268 g/mol. The average molecular weight is 295 g/mol. The molecule has 1 atom stereocenters. The van der Waals surface area contributed by atoms with Gasteiger partial charge < -0.3 is 5.32 Å². The Balaban J connectivity index is 2.05.